The van der Waals surface area contributed by atoms with Crippen molar-refractivity contribution in [2.45, 2.75) is 18.5 Å². The maximum Gasteiger partial charge on any atom is 0.422 e. The summed E-state index contributed by atoms with van der Waals surface area (Å²) < 4.78 is 40.3. The van der Waals surface area contributed by atoms with Gasteiger partial charge in [-0.15, -0.1) is 0 Å². The van der Waals surface area contributed by atoms with Gasteiger partial charge in [0, 0.05) is 0 Å². The number of ether oxygens (including phenoxy) is 1. The minimum absolute atomic E-state index is 0.0285. The van der Waals surface area contributed by atoms with Gasteiger partial charge in [0.15, 0.2) is 6.61 Å². The minimum Gasteiger partial charge on any atom is -0.484 e. The molecule has 0 saturated heterocycles. The molecule has 1 fully saturated rings. The van der Waals surface area contributed by atoms with Crippen LogP contribution in [-0.4, -0.2) is 23.9 Å². The van der Waals surface area contributed by atoms with Gasteiger partial charge in [-0.05, 0) is 30.0 Å². The molecule has 1 aromatic carbocycles. The number of benzene rings is 1. The number of aliphatic carboxylic acids is 1. The van der Waals surface area contributed by atoms with Crippen molar-refractivity contribution in [2.75, 3.05) is 6.61 Å². The molecule has 2 atom stereocenters. The Morgan fingerprint density at radius 2 is 1.94 bits per heavy atom. The van der Waals surface area contributed by atoms with Crippen molar-refractivity contribution in [3.8, 4) is 5.75 Å². The lowest BCUT2D eigenvalue weighted by molar-refractivity contribution is -0.153. The van der Waals surface area contributed by atoms with Crippen LogP contribution >= 0.6 is 0 Å². The molecule has 0 radical (unpaired) electrons. The first-order valence-corrected chi connectivity index (χ1v) is 5.39. The molecule has 0 amide bonds. The van der Waals surface area contributed by atoms with Crippen molar-refractivity contribution in [2.24, 2.45) is 5.92 Å². The minimum atomic E-state index is -4.36. The third-order valence-corrected chi connectivity index (χ3v) is 2.82. The van der Waals surface area contributed by atoms with Gasteiger partial charge in [0.25, 0.3) is 0 Å². The molecule has 98 valence electrons. The zero-order valence-corrected chi connectivity index (χ0v) is 9.28. The third kappa shape index (κ3) is 3.15. The number of alkyl halides is 3. The van der Waals surface area contributed by atoms with E-state index in [4.69, 9.17) is 5.11 Å². The van der Waals surface area contributed by atoms with E-state index in [-0.39, 0.29) is 17.6 Å². The van der Waals surface area contributed by atoms with Crippen LogP contribution in [0.4, 0.5) is 13.2 Å². The molecule has 1 aliphatic carbocycles. The Morgan fingerprint density at radius 1 is 1.33 bits per heavy atom. The predicted octanol–water partition coefficient (Wildman–Crippen LogP) is 2.82. The summed E-state index contributed by atoms with van der Waals surface area (Å²) in [5.74, 6) is -1.10. The summed E-state index contributed by atoms with van der Waals surface area (Å²) in [6, 6.07) is 6.08. The highest BCUT2D eigenvalue weighted by Gasteiger charge is 2.44. The molecule has 0 unspecified atom stereocenters. The second kappa shape index (κ2) is 4.51. The van der Waals surface area contributed by atoms with Crippen LogP contribution < -0.4 is 4.74 Å². The smallest absolute Gasteiger partial charge is 0.422 e. The molecular formula is C12H11F3O3. The molecule has 1 aliphatic rings. The van der Waals surface area contributed by atoms with E-state index in [9.17, 15) is 18.0 Å². The van der Waals surface area contributed by atoms with Crippen LogP contribution in [0, 0.1) is 5.92 Å². The first-order chi connectivity index (χ1) is 8.37. The van der Waals surface area contributed by atoms with Gasteiger partial charge in [0.1, 0.15) is 5.75 Å². The number of rotatable bonds is 4. The van der Waals surface area contributed by atoms with Crippen LogP contribution in [0.25, 0.3) is 0 Å². The summed E-state index contributed by atoms with van der Waals surface area (Å²) in [5, 5.41) is 8.76. The van der Waals surface area contributed by atoms with Gasteiger partial charge in [-0.3, -0.25) is 4.79 Å². The quantitative estimate of drug-likeness (QED) is 0.905. The largest absolute Gasteiger partial charge is 0.484 e. The maximum absolute atomic E-state index is 11.9. The van der Waals surface area contributed by atoms with E-state index in [1.165, 1.54) is 12.1 Å². The Kier molecular flexibility index (Phi) is 3.19. The molecule has 3 nitrogen and oxygen atoms in total. The van der Waals surface area contributed by atoms with E-state index in [1.54, 1.807) is 12.1 Å². The molecule has 1 N–H and O–H groups in total. The summed E-state index contributed by atoms with van der Waals surface area (Å²) in [7, 11) is 0. The zero-order chi connectivity index (χ0) is 13.3. The Morgan fingerprint density at radius 3 is 2.39 bits per heavy atom. The van der Waals surface area contributed by atoms with E-state index in [0.29, 0.717) is 6.42 Å². The molecule has 1 aromatic rings. The first-order valence-electron chi connectivity index (χ1n) is 5.39. The molecule has 0 bridgehead atoms. The second-order valence-corrected chi connectivity index (χ2v) is 4.26. The molecule has 2 rings (SSSR count). The van der Waals surface area contributed by atoms with Gasteiger partial charge in [0.2, 0.25) is 0 Å². The molecule has 1 saturated carbocycles. The maximum atomic E-state index is 11.9. The Bertz CT molecular complexity index is 439. The molecule has 0 heterocycles. The van der Waals surface area contributed by atoms with E-state index in [0.717, 1.165) is 5.56 Å². The van der Waals surface area contributed by atoms with Crippen LogP contribution in [0.2, 0.25) is 0 Å². The molecule has 18 heavy (non-hydrogen) atoms. The Labute approximate surface area is 101 Å². The van der Waals surface area contributed by atoms with Crippen molar-refractivity contribution in [1.82, 2.24) is 0 Å². The monoisotopic (exact) mass is 260 g/mol. The lowest BCUT2D eigenvalue weighted by Gasteiger charge is -2.09. The number of carboxylic acids is 1. The van der Waals surface area contributed by atoms with Gasteiger partial charge in [0.05, 0.1) is 5.92 Å². The lowest BCUT2D eigenvalue weighted by Crippen LogP contribution is -2.19. The van der Waals surface area contributed by atoms with Gasteiger partial charge in [-0.2, -0.15) is 13.2 Å². The molecule has 6 heteroatoms. The normalized spacial score (nSPS) is 22.6. The summed E-state index contributed by atoms with van der Waals surface area (Å²) in [6.45, 7) is -1.33. The average Bonchev–Trinajstić information content (AvgIpc) is 3.06. The summed E-state index contributed by atoms with van der Waals surface area (Å²) in [5.41, 5.74) is 0.821. The highest BCUT2D eigenvalue weighted by Crippen LogP contribution is 2.47. The predicted molar refractivity (Wildman–Crippen MR) is 56.5 cm³/mol. The average molecular weight is 260 g/mol. The highest BCUT2D eigenvalue weighted by atomic mass is 19.4. The third-order valence-electron chi connectivity index (χ3n) is 2.82. The van der Waals surface area contributed by atoms with Crippen molar-refractivity contribution < 1.29 is 27.8 Å². The highest BCUT2D eigenvalue weighted by molar-refractivity contribution is 5.75. The Balaban J connectivity index is 1.93. The summed E-state index contributed by atoms with van der Waals surface area (Å²) in [6.07, 6.45) is -3.78. The van der Waals surface area contributed by atoms with E-state index < -0.39 is 18.8 Å². The van der Waals surface area contributed by atoms with Crippen LogP contribution in [0.15, 0.2) is 24.3 Å². The van der Waals surface area contributed by atoms with Crippen molar-refractivity contribution in [3.63, 3.8) is 0 Å². The van der Waals surface area contributed by atoms with Gasteiger partial charge in [-0.1, -0.05) is 12.1 Å². The first kappa shape index (κ1) is 12.7. The van der Waals surface area contributed by atoms with E-state index in [1.807, 2.05) is 0 Å². The van der Waals surface area contributed by atoms with Crippen molar-refractivity contribution >= 4 is 5.97 Å². The number of carbonyl (C=O) groups is 1. The number of hydrogen-bond donors (Lipinski definition) is 1. The van der Waals surface area contributed by atoms with Crippen molar-refractivity contribution in [1.29, 1.82) is 0 Å². The van der Waals surface area contributed by atoms with Crippen LogP contribution in [0.1, 0.15) is 17.9 Å². The topological polar surface area (TPSA) is 46.5 Å². The standard InChI is InChI=1S/C12H11F3O3/c13-12(14,15)6-18-8-3-1-7(2-4-8)9-5-10(9)11(16)17/h1-4,9-10H,5-6H2,(H,16,17)/t9-,10-/m1/s1. The number of halogens is 3. The second-order valence-electron chi connectivity index (χ2n) is 4.26. The zero-order valence-electron chi connectivity index (χ0n) is 9.28. The fraction of sp³-hybridized carbons (Fsp3) is 0.417. The van der Waals surface area contributed by atoms with E-state index in [2.05, 4.69) is 4.74 Å². The number of carboxylic acid groups (broad SMARTS) is 1. The lowest BCUT2D eigenvalue weighted by atomic mass is 10.1. The van der Waals surface area contributed by atoms with Gasteiger partial charge >= 0.3 is 12.1 Å². The number of hydrogen-bond acceptors (Lipinski definition) is 2. The van der Waals surface area contributed by atoms with Crippen LogP contribution in [0.5, 0.6) is 5.75 Å². The van der Waals surface area contributed by atoms with E-state index >= 15 is 0 Å². The van der Waals surface area contributed by atoms with Gasteiger partial charge < -0.3 is 9.84 Å². The van der Waals surface area contributed by atoms with Gasteiger partial charge in [-0.25, -0.2) is 0 Å². The SMILES string of the molecule is O=C(O)[C@@H]1C[C@@H]1c1ccc(OCC(F)(F)F)cc1. The fourth-order valence-corrected chi connectivity index (χ4v) is 1.81. The Hall–Kier alpha value is -1.72. The van der Waals surface area contributed by atoms with Crippen LogP contribution in [-0.2, 0) is 4.79 Å². The van der Waals surface area contributed by atoms with Crippen molar-refractivity contribution in [3.05, 3.63) is 29.8 Å². The fourth-order valence-electron chi connectivity index (χ4n) is 1.81. The van der Waals surface area contributed by atoms with Crippen LogP contribution in [0.3, 0.4) is 0 Å². The summed E-state index contributed by atoms with van der Waals surface area (Å²) >= 11 is 0. The molecule has 0 aromatic heterocycles. The molecule has 0 aliphatic heterocycles. The molecular weight excluding hydrogens is 249 g/mol. The summed E-state index contributed by atoms with van der Waals surface area (Å²) in [4.78, 5) is 10.7. The molecule has 0 spiro atoms.